The van der Waals surface area contributed by atoms with E-state index in [1.165, 1.54) is 0 Å². The highest BCUT2D eigenvalue weighted by Crippen LogP contribution is 2.23. The van der Waals surface area contributed by atoms with E-state index in [4.69, 9.17) is 4.42 Å². The molecule has 0 saturated carbocycles. The van der Waals surface area contributed by atoms with Gasteiger partial charge in [0.15, 0.2) is 5.78 Å². The molecule has 25 heavy (non-hydrogen) atoms. The molecule has 1 saturated heterocycles. The smallest absolute Gasteiger partial charge is 0.223 e. The molecule has 2 aromatic rings. The zero-order valence-electron chi connectivity index (χ0n) is 14.4. The van der Waals surface area contributed by atoms with Gasteiger partial charge in [0.05, 0.1) is 6.26 Å². The van der Waals surface area contributed by atoms with E-state index in [0.717, 1.165) is 35.6 Å². The van der Waals surface area contributed by atoms with Crippen LogP contribution in [0.3, 0.4) is 0 Å². The van der Waals surface area contributed by atoms with Crippen LogP contribution >= 0.6 is 11.8 Å². The van der Waals surface area contributed by atoms with Gasteiger partial charge in [-0.2, -0.15) is 0 Å². The van der Waals surface area contributed by atoms with Gasteiger partial charge >= 0.3 is 0 Å². The first-order valence-electron chi connectivity index (χ1n) is 8.66. The maximum Gasteiger partial charge on any atom is 0.223 e. The topological polar surface area (TPSA) is 50.5 Å². The third kappa shape index (κ3) is 4.54. The number of amides is 1. The standard InChI is InChI=1S/C20H23NO3S/c1-25-18-9-6-15(7-10-18)20(23)16-4-2-12-21(14-16)19(22)11-8-17-5-3-13-24-17/h3,5-7,9-10,13,16H,2,4,8,11-12,14H2,1H3/t16-/m0/s1. The summed E-state index contributed by atoms with van der Waals surface area (Å²) in [6.45, 7) is 1.27. The lowest BCUT2D eigenvalue weighted by Crippen LogP contribution is -2.42. The molecule has 1 aromatic heterocycles. The van der Waals surface area contributed by atoms with Crippen molar-refractivity contribution in [1.82, 2.24) is 4.90 Å². The van der Waals surface area contributed by atoms with E-state index >= 15 is 0 Å². The molecule has 132 valence electrons. The normalized spacial score (nSPS) is 17.5. The Bertz CT molecular complexity index is 709. The van der Waals surface area contributed by atoms with Crippen LogP contribution in [0.4, 0.5) is 0 Å². The molecule has 4 nitrogen and oxygen atoms in total. The number of furan rings is 1. The highest BCUT2D eigenvalue weighted by atomic mass is 32.2. The Kier molecular flexibility index (Phi) is 5.97. The fourth-order valence-electron chi connectivity index (χ4n) is 3.25. The predicted molar refractivity (Wildman–Crippen MR) is 98.9 cm³/mol. The molecular formula is C20H23NO3S. The predicted octanol–water partition coefficient (Wildman–Crippen LogP) is 4.06. The van der Waals surface area contributed by atoms with Gasteiger partial charge in [-0.05, 0) is 43.4 Å². The van der Waals surface area contributed by atoms with E-state index < -0.39 is 0 Å². The van der Waals surface area contributed by atoms with Gasteiger partial charge in [-0.1, -0.05) is 12.1 Å². The number of carbonyl (C=O) groups excluding carboxylic acids is 2. The van der Waals surface area contributed by atoms with Crippen LogP contribution in [0.1, 0.15) is 35.4 Å². The highest BCUT2D eigenvalue weighted by molar-refractivity contribution is 7.98. The van der Waals surface area contributed by atoms with Crippen LogP contribution in [0, 0.1) is 5.92 Å². The van der Waals surface area contributed by atoms with Gasteiger partial charge < -0.3 is 9.32 Å². The number of piperidine rings is 1. The third-order valence-corrected chi connectivity index (χ3v) is 5.43. The number of benzene rings is 1. The minimum atomic E-state index is -0.0959. The van der Waals surface area contributed by atoms with Gasteiger partial charge in [-0.3, -0.25) is 9.59 Å². The van der Waals surface area contributed by atoms with E-state index in [2.05, 4.69) is 0 Å². The molecule has 1 aliphatic heterocycles. The Hall–Kier alpha value is -2.01. The number of aryl methyl sites for hydroxylation is 1. The van der Waals surface area contributed by atoms with Crippen LogP contribution in [-0.4, -0.2) is 35.9 Å². The molecule has 0 aliphatic carbocycles. The molecule has 5 heteroatoms. The molecule has 0 bridgehead atoms. The number of rotatable bonds is 6. The summed E-state index contributed by atoms with van der Waals surface area (Å²) in [6, 6.07) is 11.5. The van der Waals surface area contributed by atoms with E-state index in [1.54, 1.807) is 18.0 Å². The lowest BCUT2D eigenvalue weighted by atomic mass is 9.90. The Labute approximate surface area is 152 Å². The molecule has 1 aromatic carbocycles. The van der Waals surface area contributed by atoms with Crippen molar-refractivity contribution in [2.45, 2.75) is 30.6 Å². The molecule has 3 rings (SSSR count). The summed E-state index contributed by atoms with van der Waals surface area (Å²) in [5.74, 6) is 0.983. The first kappa shape index (κ1) is 17.8. The second-order valence-corrected chi connectivity index (χ2v) is 7.23. The van der Waals surface area contributed by atoms with E-state index in [0.29, 0.717) is 19.4 Å². The number of likely N-dealkylation sites (tertiary alicyclic amines) is 1. The minimum absolute atomic E-state index is 0.0959. The second-order valence-electron chi connectivity index (χ2n) is 6.35. The van der Waals surface area contributed by atoms with Crippen LogP contribution in [0.2, 0.25) is 0 Å². The summed E-state index contributed by atoms with van der Waals surface area (Å²) in [6.07, 6.45) is 6.41. The number of hydrogen-bond acceptors (Lipinski definition) is 4. The lowest BCUT2D eigenvalue weighted by Gasteiger charge is -2.32. The minimum Gasteiger partial charge on any atom is -0.469 e. The number of nitrogens with zero attached hydrogens (tertiary/aromatic N) is 1. The molecule has 1 aliphatic rings. The van der Waals surface area contributed by atoms with Crippen molar-refractivity contribution in [3.8, 4) is 0 Å². The molecule has 0 radical (unpaired) electrons. The molecule has 0 unspecified atom stereocenters. The number of carbonyl (C=O) groups is 2. The molecule has 2 heterocycles. The Morgan fingerprint density at radius 3 is 2.72 bits per heavy atom. The largest absolute Gasteiger partial charge is 0.469 e. The molecule has 1 fully saturated rings. The fraction of sp³-hybridized carbons (Fsp3) is 0.400. The van der Waals surface area contributed by atoms with Gasteiger partial charge in [0.25, 0.3) is 0 Å². The summed E-state index contributed by atoms with van der Waals surface area (Å²) in [5, 5.41) is 0. The molecular weight excluding hydrogens is 334 g/mol. The lowest BCUT2D eigenvalue weighted by molar-refractivity contribution is -0.132. The Morgan fingerprint density at radius 1 is 1.24 bits per heavy atom. The van der Waals surface area contributed by atoms with Crippen LogP contribution < -0.4 is 0 Å². The van der Waals surface area contributed by atoms with Crippen molar-refractivity contribution in [1.29, 1.82) is 0 Å². The summed E-state index contributed by atoms with van der Waals surface area (Å²) < 4.78 is 5.28. The maximum atomic E-state index is 12.8. The zero-order chi connectivity index (χ0) is 17.6. The summed E-state index contributed by atoms with van der Waals surface area (Å²) in [5.41, 5.74) is 0.743. The Balaban J connectivity index is 1.57. The second kappa shape index (κ2) is 8.39. The van der Waals surface area contributed by atoms with Crippen LogP contribution in [-0.2, 0) is 11.2 Å². The van der Waals surface area contributed by atoms with E-state index in [1.807, 2.05) is 47.6 Å². The van der Waals surface area contributed by atoms with Crippen LogP contribution in [0.15, 0.2) is 52.0 Å². The maximum absolute atomic E-state index is 12.8. The van der Waals surface area contributed by atoms with Gasteiger partial charge in [0.2, 0.25) is 5.91 Å². The summed E-state index contributed by atoms with van der Waals surface area (Å²) in [7, 11) is 0. The van der Waals surface area contributed by atoms with Crippen LogP contribution in [0.5, 0.6) is 0 Å². The van der Waals surface area contributed by atoms with Crippen molar-refractivity contribution in [2.24, 2.45) is 5.92 Å². The number of Topliss-reactive ketones (excluding diaryl/α,β-unsaturated/α-hetero) is 1. The van der Waals surface area contributed by atoms with E-state index in [9.17, 15) is 9.59 Å². The highest BCUT2D eigenvalue weighted by Gasteiger charge is 2.28. The van der Waals surface area contributed by atoms with Gasteiger partial charge in [-0.25, -0.2) is 0 Å². The number of ketones is 1. The average molecular weight is 357 g/mol. The SMILES string of the molecule is CSc1ccc(C(=O)[C@H]2CCCN(C(=O)CCc3ccco3)C2)cc1. The van der Waals surface area contributed by atoms with Crippen LogP contribution in [0.25, 0.3) is 0 Å². The van der Waals surface area contributed by atoms with Crippen molar-refractivity contribution in [3.63, 3.8) is 0 Å². The van der Waals surface area contributed by atoms with Gasteiger partial charge in [-0.15, -0.1) is 11.8 Å². The number of thioether (sulfide) groups is 1. The van der Waals surface area contributed by atoms with E-state index in [-0.39, 0.29) is 17.6 Å². The van der Waals surface area contributed by atoms with Crippen molar-refractivity contribution < 1.29 is 14.0 Å². The zero-order valence-corrected chi connectivity index (χ0v) is 15.3. The van der Waals surface area contributed by atoms with Crippen molar-refractivity contribution in [3.05, 3.63) is 54.0 Å². The van der Waals surface area contributed by atoms with Crippen molar-refractivity contribution >= 4 is 23.5 Å². The quantitative estimate of drug-likeness (QED) is 0.578. The third-order valence-electron chi connectivity index (χ3n) is 4.68. The Morgan fingerprint density at radius 2 is 2.04 bits per heavy atom. The van der Waals surface area contributed by atoms with Gasteiger partial charge in [0.1, 0.15) is 5.76 Å². The molecule has 1 amide bonds. The average Bonchev–Trinajstić information content (AvgIpc) is 3.19. The first-order chi connectivity index (χ1) is 12.2. The summed E-state index contributed by atoms with van der Waals surface area (Å²) >= 11 is 1.66. The monoisotopic (exact) mass is 357 g/mol. The molecule has 1 atom stereocenters. The molecule has 0 spiro atoms. The first-order valence-corrected chi connectivity index (χ1v) is 9.88. The fourth-order valence-corrected chi connectivity index (χ4v) is 3.66. The van der Waals surface area contributed by atoms with Gasteiger partial charge in [0, 0.05) is 42.3 Å². The molecule has 0 N–H and O–H groups in total. The number of hydrogen-bond donors (Lipinski definition) is 0. The van der Waals surface area contributed by atoms with Crippen molar-refractivity contribution in [2.75, 3.05) is 19.3 Å². The summed E-state index contributed by atoms with van der Waals surface area (Å²) in [4.78, 5) is 28.2.